The van der Waals surface area contributed by atoms with E-state index in [1.165, 1.54) is 0 Å². The van der Waals surface area contributed by atoms with Gasteiger partial charge in [0.15, 0.2) is 5.96 Å². The maximum atomic E-state index is 9.64. The second-order valence-electron chi connectivity index (χ2n) is 3.90. The number of nitrogens with zero attached hydrogens (tertiary/aromatic N) is 2. The van der Waals surface area contributed by atoms with Crippen LogP contribution in [0.5, 0.6) is 5.75 Å². The Morgan fingerprint density at radius 3 is 2.41 bits per heavy atom. The summed E-state index contributed by atoms with van der Waals surface area (Å²) in [6, 6.07) is 4.95. The van der Waals surface area contributed by atoms with Crippen LogP contribution in [-0.4, -0.2) is 17.0 Å². The molecule has 0 heterocycles. The third-order valence-electron chi connectivity index (χ3n) is 2.12. The number of guanidine groups is 2. The van der Waals surface area contributed by atoms with E-state index in [0.717, 1.165) is 5.56 Å². The van der Waals surface area contributed by atoms with Crippen molar-refractivity contribution in [3.63, 3.8) is 0 Å². The van der Waals surface area contributed by atoms with E-state index in [0.29, 0.717) is 5.69 Å². The molecule has 0 saturated heterocycles. The van der Waals surface area contributed by atoms with Crippen molar-refractivity contribution in [1.29, 1.82) is 0 Å². The van der Waals surface area contributed by atoms with Crippen LogP contribution >= 0.6 is 0 Å². The predicted octanol–water partition coefficient (Wildman–Crippen LogP) is 0.735. The monoisotopic (exact) mass is 235 g/mol. The molecular weight excluding hydrogens is 218 g/mol. The molecule has 0 unspecified atom stereocenters. The zero-order valence-corrected chi connectivity index (χ0v) is 9.88. The normalized spacial score (nSPS) is 11.6. The van der Waals surface area contributed by atoms with Crippen molar-refractivity contribution in [2.24, 2.45) is 27.2 Å². The van der Waals surface area contributed by atoms with Crippen molar-refractivity contribution in [3.05, 3.63) is 23.8 Å². The molecule has 1 aromatic rings. The molecule has 0 aliphatic rings. The molecule has 0 radical (unpaired) electrons. The van der Waals surface area contributed by atoms with Gasteiger partial charge in [0, 0.05) is 0 Å². The lowest BCUT2D eigenvalue weighted by molar-refractivity contribution is 0.465. The minimum Gasteiger partial charge on any atom is -0.508 e. The van der Waals surface area contributed by atoms with Gasteiger partial charge in [0.1, 0.15) is 5.75 Å². The third-order valence-corrected chi connectivity index (χ3v) is 2.12. The molecular formula is C11H17N5O. The molecule has 92 valence electrons. The zero-order chi connectivity index (χ0) is 13.0. The fourth-order valence-electron chi connectivity index (χ4n) is 1.36. The van der Waals surface area contributed by atoms with Crippen LogP contribution in [0.4, 0.5) is 5.69 Å². The maximum Gasteiger partial charge on any atom is 0.223 e. The zero-order valence-electron chi connectivity index (χ0n) is 9.88. The molecule has 6 heteroatoms. The van der Waals surface area contributed by atoms with Crippen LogP contribution in [0.3, 0.4) is 0 Å². The van der Waals surface area contributed by atoms with E-state index in [2.05, 4.69) is 9.98 Å². The van der Waals surface area contributed by atoms with Gasteiger partial charge in [0.2, 0.25) is 5.96 Å². The van der Waals surface area contributed by atoms with Gasteiger partial charge in [0.05, 0.1) is 5.69 Å². The van der Waals surface area contributed by atoms with Gasteiger partial charge in [-0.25, -0.2) is 4.99 Å². The molecule has 0 aromatic heterocycles. The van der Waals surface area contributed by atoms with E-state index >= 15 is 0 Å². The van der Waals surface area contributed by atoms with Gasteiger partial charge in [-0.2, -0.15) is 4.99 Å². The highest BCUT2D eigenvalue weighted by Crippen LogP contribution is 2.29. The number of benzene rings is 1. The molecule has 17 heavy (non-hydrogen) atoms. The minimum absolute atomic E-state index is 0.0228. The SMILES string of the molecule is CC(C)c1cc(N=C(N)N=C(N)N)ccc1O. The average molecular weight is 235 g/mol. The number of hydrogen-bond acceptors (Lipinski definition) is 2. The largest absolute Gasteiger partial charge is 0.508 e. The van der Waals surface area contributed by atoms with Crippen molar-refractivity contribution < 1.29 is 5.11 Å². The first-order valence-corrected chi connectivity index (χ1v) is 5.17. The van der Waals surface area contributed by atoms with Crippen LogP contribution < -0.4 is 17.2 Å². The molecule has 0 aliphatic heterocycles. The fourth-order valence-corrected chi connectivity index (χ4v) is 1.36. The number of phenolic OH excluding ortho intramolecular Hbond substituents is 1. The van der Waals surface area contributed by atoms with E-state index in [-0.39, 0.29) is 23.6 Å². The van der Waals surface area contributed by atoms with Crippen molar-refractivity contribution in [1.82, 2.24) is 0 Å². The molecule has 1 rings (SSSR count). The van der Waals surface area contributed by atoms with Gasteiger partial charge in [-0.15, -0.1) is 0 Å². The van der Waals surface area contributed by atoms with Crippen LogP contribution in [0.1, 0.15) is 25.3 Å². The lowest BCUT2D eigenvalue weighted by atomic mass is 10.0. The summed E-state index contributed by atoms with van der Waals surface area (Å²) >= 11 is 0. The van der Waals surface area contributed by atoms with Crippen LogP contribution in [0.25, 0.3) is 0 Å². The van der Waals surface area contributed by atoms with Gasteiger partial charge in [-0.05, 0) is 29.7 Å². The lowest BCUT2D eigenvalue weighted by Crippen LogP contribution is -2.26. The van der Waals surface area contributed by atoms with Crippen LogP contribution in [-0.2, 0) is 0 Å². The Kier molecular flexibility index (Phi) is 3.92. The molecule has 6 nitrogen and oxygen atoms in total. The number of phenols is 1. The van der Waals surface area contributed by atoms with Gasteiger partial charge in [-0.1, -0.05) is 13.8 Å². The number of rotatable bonds is 2. The Hall–Kier alpha value is -2.24. The lowest BCUT2D eigenvalue weighted by Gasteiger charge is -2.08. The summed E-state index contributed by atoms with van der Waals surface area (Å²) < 4.78 is 0. The summed E-state index contributed by atoms with van der Waals surface area (Å²) in [7, 11) is 0. The summed E-state index contributed by atoms with van der Waals surface area (Å²) in [4.78, 5) is 7.63. The molecule has 0 bridgehead atoms. The quantitative estimate of drug-likeness (QED) is 0.445. The molecule has 0 saturated carbocycles. The van der Waals surface area contributed by atoms with Crippen molar-refractivity contribution >= 4 is 17.6 Å². The van der Waals surface area contributed by atoms with Crippen LogP contribution in [0.15, 0.2) is 28.2 Å². The number of nitrogens with two attached hydrogens (primary N) is 3. The molecule has 7 N–H and O–H groups in total. The minimum atomic E-state index is -0.144. The van der Waals surface area contributed by atoms with E-state index < -0.39 is 0 Å². The van der Waals surface area contributed by atoms with E-state index in [1.807, 2.05) is 13.8 Å². The highest BCUT2D eigenvalue weighted by atomic mass is 16.3. The predicted molar refractivity (Wildman–Crippen MR) is 69.3 cm³/mol. The van der Waals surface area contributed by atoms with Gasteiger partial charge >= 0.3 is 0 Å². The smallest absolute Gasteiger partial charge is 0.223 e. The summed E-state index contributed by atoms with van der Waals surface area (Å²) in [6.07, 6.45) is 0. The van der Waals surface area contributed by atoms with Crippen LogP contribution in [0, 0.1) is 0 Å². The second kappa shape index (κ2) is 5.20. The molecule has 0 aliphatic carbocycles. The van der Waals surface area contributed by atoms with Gasteiger partial charge < -0.3 is 22.3 Å². The maximum absolute atomic E-state index is 9.64. The summed E-state index contributed by atoms with van der Waals surface area (Å²) in [5.41, 5.74) is 17.3. The van der Waals surface area contributed by atoms with E-state index in [4.69, 9.17) is 17.2 Å². The third kappa shape index (κ3) is 3.67. The van der Waals surface area contributed by atoms with E-state index in [9.17, 15) is 5.11 Å². The Balaban J connectivity index is 3.09. The highest BCUT2D eigenvalue weighted by Gasteiger charge is 2.06. The second-order valence-corrected chi connectivity index (χ2v) is 3.90. The van der Waals surface area contributed by atoms with Crippen LogP contribution in [0.2, 0.25) is 0 Å². The molecule has 0 fully saturated rings. The van der Waals surface area contributed by atoms with Crippen molar-refractivity contribution in [2.45, 2.75) is 19.8 Å². The van der Waals surface area contributed by atoms with Gasteiger partial charge in [-0.3, -0.25) is 0 Å². The fraction of sp³-hybridized carbons (Fsp3) is 0.273. The summed E-state index contributed by atoms with van der Waals surface area (Å²) in [5.74, 6) is 0.258. The van der Waals surface area contributed by atoms with E-state index in [1.54, 1.807) is 18.2 Å². The first-order chi connectivity index (χ1) is 7.90. The summed E-state index contributed by atoms with van der Waals surface area (Å²) in [6.45, 7) is 3.95. The Labute approximate surface area is 99.9 Å². The van der Waals surface area contributed by atoms with Gasteiger partial charge in [0.25, 0.3) is 0 Å². The molecule has 0 amide bonds. The Morgan fingerprint density at radius 2 is 1.88 bits per heavy atom. The average Bonchev–Trinajstić information content (AvgIpc) is 2.19. The molecule has 0 spiro atoms. The van der Waals surface area contributed by atoms with Crippen molar-refractivity contribution in [2.75, 3.05) is 0 Å². The summed E-state index contributed by atoms with van der Waals surface area (Å²) in [5, 5.41) is 9.64. The number of aliphatic imine (C=N–C) groups is 2. The highest BCUT2D eigenvalue weighted by molar-refractivity contribution is 5.93. The topological polar surface area (TPSA) is 123 Å². The molecule has 0 atom stereocenters. The Bertz CT molecular complexity index is 461. The number of hydrogen-bond donors (Lipinski definition) is 4. The standard InChI is InChI=1S/C11H17N5O/c1-6(2)8-5-7(3-4-9(8)17)15-11(14)16-10(12)13/h3-6,17H,1-2H3,(H6,12,13,14,15,16). The number of aromatic hydroxyl groups is 1. The Morgan fingerprint density at radius 1 is 1.24 bits per heavy atom. The van der Waals surface area contributed by atoms with Crippen molar-refractivity contribution in [3.8, 4) is 5.75 Å². The molecule has 1 aromatic carbocycles. The first kappa shape index (κ1) is 12.8. The first-order valence-electron chi connectivity index (χ1n) is 5.17.